The van der Waals surface area contributed by atoms with E-state index in [1.165, 1.54) is 0 Å². The summed E-state index contributed by atoms with van der Waals surface area (Å²) in [4.78, 5) is 25.0. The lowest BCUT2D eigenvalue weighted by atomic mass is 10.1. The second kappa shape index (κ2) is 8.35. The van der Waals surface area contributed by atoms with Crippen molar-refractivity contribution < 1.29 is 14.3 Å². The van der Waals surface area contributed by atoms with Gasteiger partial charge in [0, 0.05) is 26.3 Å². The summed E-state index contributed by atoms with van der Waals surface area (Å²) in [5, 5.41) is 10.0. The van der Waals surface area contributed by atoms with Gasteiger partial charge in [0.1, 0.15) is 5.69 Å². The van der Waals surface area contributed by atoms with Gasteiger partial charge in [-0.15, -0.1) is 0 Å². The maximum Gasteiger partial charge on any atom is 0.271 e. The van der Waals surface area contributed by atoms with Crippen LogP contribution in [0, 0.1) is 0 Å². The predicted octanol–water partition coefficient (Wildman–Crippen LogP) is 2.15. The second-order valence-electron chi connectivity index (χ2n) is 6.87. The molecule has 0 radical (unpaired) electrons. The molecule has 3 rings (SSSR count). The van der Waals surface area contributed by atoms with Gasteiger partial charge >= 0.3 is 0 Å². The number of nitrogens with zero attached hydrogens (tertiary/aromatic N) is 2. The molecule has 2 aromatic rings. The van der Waals surface area contributed by atoms with E-state index in [1.807, 2.05) is 37.3 Å². The molecule has 1 saturated carbocycles. The Morgan fingerprint density at radius 3 is 2.59 bits per heavy atom. The molecule has 1 aliphatic rings. The van der Waals surface area contributed by atoms with E-state index in [-0.39, 0.29) is 35.7 Å². The minimum atomic E-state index is -0.316. The van der Waals surface area contributed by atoms with Gasteiger partial charge in [-0.3, -0.25) is 14.3 Å². The fourth-order valence-electron chi connectivity index (χ4n) is 3.52. The SMILES string of the molecule is CNC(=O)c1cc(C(=O)NC2CC[C@H](OC)C2)n(C(C)c2ccccc2)n1. The van der Waals surface area contributed by atoms with Crippen LogP contribution in [0.2, 0.25) is 0 Å². The Kier molecular flexibility index (Phi) is 5.91. The van der Waals surface area contributed by atoms with Gasteiger partial charge in [0.15, 0.2) is 5.69 Å². The van der Waals surface area contributed by atoms with Crippen molar-refractivity contribution in [3.05, 3.63) is 53.3 Å². The average Bonchev–Trinajstić information content (AvgIpc) is 3.34. The topological polar surface area (TPSA) is 85.3 Å². The van der Waals surface area contributed by atoms with Crippen LogP contribution in [0.25, 0.3) is 0 Å². The van der Waals surface area contributed by atoms with E-state index in [9.17, 15) is 9.59 Å². The molecule has 0 bridgehead atoms. The van der Waals surface area contributed by atoms with Crippen molar-refractivity contribution in [2.24, 2.45) is 0 Å². The monoisotopic (exact) mass is 370 g/mol. The number of ether oxygens (including phenoxy) is 1. The fraction of sp³-hybridized carbons (Fsp3) is 0.450. The number of aromatic nitrogens is 2. The first kappa shape index (κ1) is 19.1. The molecule has 0 spiro atoms. The quantitative estimate of drug-likeness (QED) is 0.816. The summed E-state index contributed by atoms with van der Waals surface area (Å²) in [5.41, 5.74) is 1.62. The second-order valence-corrected chi connectivity index (χ2v) is 6.87. The lowest BCUT2D eigenvalue weighted by Gasteiger charge is -2.18. The predicted molar refractivity (Wildman–Crippen MR) is 102 cm³/mol. The van der Waals surface area contributed by atoms with Crippen LogP contribution in [0.1, 0.15) is 58.8 Å². The molecule has 7 nitrogen and oxygen atoms in total. The van der Waals surface area contributed by atoms with Crippen LogP contribution in [0.4, 0.5) is 0 Å². The van der Waals surface area contributed by atoms with Gasteiger partial charge in [-0.05, 0) is 31.7 Å². The molecule has 2 amide bonds. The molecule has 144 valence electrons. The molecule has 7 heteroatoms. The van der Waals surface area contributed by atoms with E-state index < -0.39 is 0 Å². The van der Waals surface area contributed by atoms with Crippen molar-refractivity contribution >= 4 is 11.8 Å². The molecule has 1 heterocycles. The molecular formula is C20H26N4O3. The number of carbonyl (C=O) groups is 2. The number of hydrogen-bond acceptors (Lipinski definition) is 4. The number of nitrogens with one attached hydrogen (secondary N) is 2. The van der Waals surface area contributed by atoms with Gasteiger partial charge in [0.2, 0.25) is 0 Å². The first-order chi connectivity index (χ1) is 13.0. The van der Waals surface area contributed by atoms with E-state index in [1.54, 1.807) is 24.9 Å². The lowest BCUT2D eigenvalue weighted by molar-refractivity contribution is 0.0902. The van der Waals surface area contributed by atoms with Crippen molar-refractivity contribution in [1.29, 1.82) is 0 Å². The third-order valence-corrected chi connectivity index (χ3v) is 5.13. The summed E-state index contributed by atoms with van der Waals surface area (Å²) in [6.45, 7) is 1.96. The zero-order valence-electron chi connectivity index (χ0n) is 15.9. The van der Waals surface area contributed by atoms with Crippen LogP contribution >= 0.6 is 0 Å². The first-order valence-electron chi connectivity index (χ1n) is 9.23. The number of amides is 2. The van der Waals surface area contributed by atoms with E-state index in [2.05, 4.69) is 15.7 Å². The van der Waals surface area contributed by atoms with Gasteiger partial charge < -0.3 is 15.4 Å². The lowest BCUT2D eigenvalue weighted by Crippen LogP contribution is -2.35. The van der Waals surface area contributed by atoms with Crippen molar-refractivity contribution in [3.8, 4) is 0 Å². The van der Waals surface area contributed by atoms with Gasteiger partial charge in [0.05, 0.1) is 12.1 Å². The van der Waals surface area contributed by atoms with Gasteiger partial charge in [-0.2, -0.15) is 5.10 Å². The van der Waals surface area contributed by atoms with Crippen LogP contribution in [0.15, 0.2) is 36.4 Å². The zero-order valence-corrected chi connectivity index (χ0v) is 15.9. The molecule has 1 aliphatic carbocycles. The molecule has 27 heavy (non-hydrogen) atoms. The van der Waals surface area contributed by atoms with Crippen molar-refractivity contribution in [2.45, 2.75) is 44.4 Å². The Bertz CT molecular complexity index is 803. The van der Waals surface area contributed by atoms with Gasteiger partial charge in [0.25, 0.3) is 11.8 Å². The maximum absolute atomic E-state index is 12.9. The van der Waals surface area contributed by atoms with Crippen LogP contribution < -0.4 is 10.6 Å². The summed E-state index contributed by atoms with van der Waals surface area (Å²) >= 11 is 0. The summed E-state index contributed by atoms with van der Waals surface area (Å²) in [7, 11) is 3.24. The zero-order chi connectivity index (χ0) is 19.4. The highest BCUT2D eigenvalue weighted by Gasteiger charge is 2.28. The third-order valence-electron chi connectivity index (χ3n) is 5.13. The Morgan fingerprint density at radius 1 is 1.22 bits per heavy atom. The number of carbonyl (C=O) groups excluding carboxylic acids is 2. The van der Waals surface area contributed by atoms with Crippen LogP contribution in [0.5, 0.6) is 0 Å². The number of methoxy groups -OCH3 is 1. The van der Waals surface area contributed by atoms with E-state index >= 15 is 0 Å². The van der Waals surface area contributed by atoms with Crippen molar-refractivity contribution in [3.63, 3.8) is 0 Å². The molecule has 0 saturated heterocycles. The highest BCUT2D eigenvalue weighted by atomic mass is 16.5. The molecule has 2 N–H and O–H groups in total. The Hall–Kier alpha value is -2.67. The third kappa shape index (κ3) is 4.19. The Morgan fingerprint density at radius 2 is 1.96 bits per heavy atom. The molecule has 2 unspecified atom stereocenters. The summed E-state index contributed by atoms with van der Waals surface area (Å²) in [6.07, 6.45) is 2.80. The fourth-order valence-corrected chi connectivity index (χ4v) is 3.52. The van der Waals surface area contributed by atoms with Crippen molar-refractivity contribution in [2.75, 3.05) is 14.2 Å². The number of hydrogen-bond donors (Lipinski definition) is 2. The molecule has 0 aliphatic heterocycles. The van der Waals surface area contributed by atoms with Crippen LogP contribution in [0.3, 0.4) is 0 Å². The molecule has 1 aromatic carbocycles. The van der Waals surface area contributed by atoms with Gasteiger partial charge in [-0.1, -0.05) is 30.3 Å². The van der Waals surface area contributed by atoms with E-state index in [4.69, 9.17) is 4.74 Å². The normalized spacial score (nSPS) is 20.3. The minimum absolute atomic E-state index is 0.0706. The van der Waals surface area contributed by atoms with Crippen LogP contribution in [-0.4, -0.2) is 47.9 Å². The minimum Gasteiger partial charge on any atom is -0.381 e. The molecule has 1 aromatic heterocycles. The van der Waals surface area contributed by atoms with Crippen LogP contribution in [-0.2, 0) is 4.74 Å². The Balaban J connectivity index is 1.87. The first-order valence-corrected chi connectivity index (χ1v) is 9.23. The highest BCUT2D eigenvalue weighted by molar-refractivity contribution is 5.98. The van der Waals surface area contributed by atoms with Gasteiger partial charge in [-0.25, -0.2) is 0 Å². The van der Waals surface area contributed by atoms with E-state index in [0.717, 1.165) is 24.8 Å². The standard InChI is InChI=1S/C20H26N4O3/c1-13(14-7-5-4-6-8-14)24-18(12-17(23-24)19(25)21-2)20(26)22-15-9-10-16(11-15)27-3/h4-8,12-13,15-16H,9-11H2,1-3H3,(H,21,25)(H,22,26)/t13?,15?,16-/m0/s1. The number of benzene rings is 1. The summed E-state index contributed by atoms with van der Waals surface area (Å²) in [5.74, 6) is -0.537. The molecular weight excluding hydrogens is 344 g/mol. The summed E-state index contributed by atoms with van der Waals surface area (Å²) in [6, 6.07) is 11.2. The summed E-state index contributed by atoms with van der Waals surface area (Å²) < 4.78 is 7.00. The van der Waals surface area contributed by atoms with E-state index in [0.29, 0.717) is 5.69 Å². The molecule has 1 fully saturated rings. The number of rotatable bonds is 6. The van der Waals surface area contributed by atoms with Crippen molar-refractivity contribution in [1.82, 2.24) is 20.4 Å². The smallest absolute Gasteiger partial charge is 0.271 e. The average molecular weight is 370 g/mol. The Labute approximate surface area is 159 Å². The molecule has 3 atom stereocenters. The highest BCUT2D eigenvalue weighted by Crippen LogP contribution is 2.23. The maximum atomic E-state index is 12.9. The largest absolute Gasteiger partial charge is 0.381 e.